The molecule has 3 nitrogen and oxygen atoms in total. The number of aryl methyl sites for hydroxylation is 1. The zero-order chi connectivity index (χ0) is 13.5. The molecule has 0 unspecified atom stereocenters. The van der Waals surface area contributed by atoms with Crippen molar-refractivity contribution in [3.63, 3.8) is 0 Å². The number of hydrogen-bond acceptors (Lipinski definition) is 1. The standard InChI is InChI=1S/C14H16ClNO2/c1-8-13(14(2,3)7-12(17)18)10-6-9(15)4-5-11(10)16-8/h4-6,16H,7H2,1-3H3,(H,17,18). The zero-order valence-corrected chi connectivity index (χ0v) is 11.4. The lowest BCUT2D eigenvalue weighted by molar-refractivity contribution is -0.138. The third kappa shape index (κ3) is 2.23. The highest BCUT2D eigenvalue weighted by molar-refractivity contribution is 6.31. The molecule has 0 saturated heterocycles. The first-order valence-electron chi connectivity index (χ1n) is 5.81. The predicted octanol–water partition coefficient (Wildman–Crippen LogP) is 3.88. The monoisotopic (exact) mass is 265 g/mol. The summed E-state index contributed by atoms with van der Waals surface area (Å²) in [5.41, 5.74) is 2.59. The first-order valence-corrected chi connectivity index (χ1v) is 6.19. The molecule has 0 spiro atoms. The van der Waals surface area contributed by atoms with Crippen LogP contribution in [-0.4, -0.2) is 16.1 Å². The molecule has 96 valence electrons. The number of aliphatic carboxylic acids is 1. The van der Waals surface area contributed by atoms with Crippen molar-refractivity contribution in [3.05, 3.63) is 34.5 Å². The minimum absolute atomic E-state index is 0.0906. The molecule has 0 radical (unpaired) electrons. The highest BCUT2D eigenvalue weighted by atomic mass is 35.5. The van der Waals surface area contributed by atoms with Gasteiger partial charge >= 0.3 is 5.97 Å². The molecule has 0 saturated carbocycles. The summed E-state index contributed by atoms with van der Waals surface area (Å²) in [7, 11) is 0. The summed E-state index contributed by atoms with van der Waals surface area (Å²) in [6.45, 7) is 5.85. The minimum Gasteiger partial charge on any atom is -0.481 e. The highest BCUT2D eigenvalue weighted by Crippen LogP contribution is 2.36. The van der Waals surface area contributed by atoms with Crippen molar-refractivity contribution in [2.75, 3.05) is 0 Å². The van der Waals surface area contributed by atoms with E-state index in [1.54, 1.807) is 0 Å². The second kappa shape index (κ2) is 4.32. The Morgan fingerprint density at radius 3 is 2.72 bits per heavy atom. The lowest BCUT2D eigenvalue weighted by atomic mass is 9.80. The third-order valence-corrected chi connectivity index (χ3v) is 3.45. The van der Waals surface area contributed by atoms with Gasteiger partial charge in [0.05, 0.1) is 6.42 Å². The van der Waals surface area contributed by atoms with Crippen LogP contribution in [0.2, 0.25) is 5.02 Å². The number of carboxylic acid groups (broad SMARTS) is 1. The van der Waals surface area contributed by atoms with Crippen LogP contribution in [-0.2, 0) is 10.2 Å². The van der Waals surface area contributed by atoms with Crippen molar-refractivity contribution >= 4 is 28.5 Å². The number of hydrogen-bond donors (Lipinski definition) is 2. The first-order chi connectivity index (χ1) is 8.31. The molecule has 0 amide bonds. The molecule has 0 aliphatic rings. The topological polar surface area (TPSA) is 53.1 Å². The van der Waals surface area contributed by atoms with Gasteiger partial charge in [0.1, 0.15) is 0 Å². The van der Waals surface area contributed by atoms with Crippen LogP contribution in [0.25, 0.3) is 10.9 Å². The van der Waals surface area contributed by atoms with Gasteiger partial charge in [-0.15, -0.1) is 0 Å². The number of nitrogens with one attached hydrogen (secondary N) is 1. The number of aromatic nitrogens is 1. The van der Waals surface area contributed by atoms with E-state index in [0.717, 1.165) is 22.2 Å². The van der Waals surface area contributed by atoms with E-state index in [-0.39, 0.29) is 6.42 Å². The van der Waals surface area contributed by atoms with Crippen LogP contribution < -0.4 is 0 Å². The van der Waals surface area contributed by atoms with Gasteiger partial charge in [0.15, 0.2) is 0 Å². The second-order valence-electron chi connectivity index (χ2n) is 5.27. The van der Waals surface area contributed by atoms with Crippen LogP contribution in [0.5, 0.6) is 0 Å². The van der Waals surface area contributed by atoms with Crippen molar-refractivity contribution in [3.8, 4) is 0 Å². The smallest absolute Gasteiger partial charge is 0.304 e. The summed E-state index contributed by atoms with van der Waals surface area (Å²) in [6, 6.07) is 5.64. The maximum atomic E-state index is 11.0. The average molecular weight is 266 g/mol. The van der Waals surface area contributed by atoms with Crippen LogP contribution in [0.4, 0.5) is 0 Å². The summed E-state index contributed by atoms with van der Waals surface area (Å²) in [6.07, 6.45) is 0.0906. The van der Waals surface area contributed by atoms with E-state index in [2.05, 4.69) is 4.98 Å². The Labute approximate surface area is 111 Å². The number of carbonyl (C=O) groups is 1. The molecule has 4 heteroatoms. The number of H-pyrrole nitrogens is 1. The summed E-state index contributed by atoms with van der Waals surface area (Å²) in [5.74, 6) is -0.796. The Balaban J connectivity index is 2.65. The number of rotatable bonds is 3. The predicted molar refractivity (Wildman–Crippen MR) is 73.3 cm³/mol. The van der Waals surface area contributed by atoms with Crippen LogP contribution >= 0.6 is 11.6 Å². The molecule has 0 fully saturated rings. The van der Waals surface area contributed by atoms with Crippen LogP contribution in [0, 0.1) is 6.92 Å². The fourth-order valence-electron chi connectivity index (χ4n) is 2.64. The van der Waals surface area contributed by atoms with Gasteiger partial charge < -0.3 is 10.1 Å². The zero-order valence-electron chi connectivity index (χ0n) is 10.7. The molecule has 2 N–H and O–H groups in total. The highest BCUT2D eigenvalue weighted by Gasteiger charge is 2.29. The molecule has 2 rings (SSSR count). The minimum atomic E-state index is -0.796. The lowest BCUT2D eigenvalue weighted by Gasteiger charge is -2.23. The summed E-state index contributed by atoms with van der Waals surface area (Å²) >= 11 is 6.03. The van der Waals surface area contributed by atoms with Gasteiger partial charge in [0.2, 0.25) is 0 Å². The largest absolute Gasteiger partial charge is 0.481 e. The van der Waals surface area contributed by atoms with E-state index in [0.29, 0.717) is 5.02 Å². The van der Waals surface area contributed by atoms with Gasteiger partial charge in [0.25, 0.3) is 0 Å². The van der Waals surface area contributed by atoms with Crippen LogP contribution in [0.1, 0.15) is 31.5 Å². The van der Waals surface area contributed by atoms with Crippen molar-refractivity contribution in [1.82, 2.24) is 4.98 Å². The summed E-state index contributed by atoms with van der Waals surface area (Å²) < 4.78 is 0. The van der Waals surface area contributed by atoms with Gasteiger partial charge in [-0.2, -0.15) is 0 Å². The van der Waals surface area contributed by atoms with Gasteiger partial charge in [-0.25, -0.2) is 0 Å². The number of fused-ring (bicyclic) bond motifs is 1. The Hall–Kier alpha value is -1.48. The fraction of sp³-hybridized carbons (Fsp3) is 0.357. The van der Waals surface area contributed by atoms with E-state index >= 15 is 0 Å². The lowest BCUT2D eigenvalue weighted by Crippen LogP contribution is -2.22. The Kier molecular flexibility index (Phi) is 3.11. The van der Waals surface area contributed by atoms with Gasteiger partial charge in [-0.05, 0) is 30.7 Å². The Bertz CT molecular complexity index is 614. The molecule has 2 aromatic rings. The quantitative estimate of drug-likeness (QED) is 0.885. The maximum absolute atomic E-state index is 11.0. The van der Waals surface area contributed by atoms with Crippen molar-refractivity contribution in [2.45, 2.75) is 32.6 Å². The van der Waals surface area contributed by atoms with Crippen LogP contribution in [0.15, 0.2) is 18.2 Å². The third-order valence-electron chi connectivity index (χ3n) is 3.22. The van der Waals surface area contributed by atoms with Gasteiger partial charge in [-0.1, -0.05) is 25.4 Å². The Morgan fingerprint density at radius 1 is 1.44 bits per heavy atom. The van der Waals surface area contributed by atoms with Gasteiger partial charge in [-0.3, -0.25) is 4.79 Å². The molecule has 1 aromatic carbocycles. The molecule has 0 aliphatic heterocycles. The molecular weight excluding hydrogens is 250 g/mol. The van der Waals surface area contributed by atoms with E-state index in [9.17, 15) is 4.79 Å². The number of carboxylic acids is 1. The number of aromatic amines is 1. The molecule has 0 bridgehead atoms. The van der Waals surface area contributed by atoms with Crippen molar-refractivity contribution in [1.29, 1.82) is 0 Å². The summed E-state index contributed by atoms with van der Waals surface area (Å²) in [4.78, 5) is 14.3. The Morgan fingerprint density at radius 2 is 2.11 bits per heavy atom. The van der Waals surface area contributed by atoms with E-state index < -0.39 is 11.4 Å². The summed E-state index contributed by atoms with van der Waals surface area (Å²) in [5, 5.41) is 10.7. The molecular formula is C14H16ClNO2. The van der Waals surface area contributed by atoms with E-state index in [4.69, 9.17) is 16.7 Å². The second-order valence-corrected chi connectivity index (χ2v) is 5.71. The van der Waals surface area contributed by atoms with Crippen molar-refractivity contribution in [2.24, 2.45) is 0 Å². The molecule has 1 heterocycles. The van der Waals surface area contributed by atoms with Gasteiger partial charge in [0, 0.05) is 27.0 Å². The molecule has 18 heavy (non-hydrogen) atoms. The molecule has 0 aliphatic carbocycles. The molecule has 1 aromatic heterocycles. The normalized spacial score (nSPS) is 12.0. The van der Waals surface area contributed by atoms with E-state index in [1.165, 1.54) is 0 Å². The maximum Gasteiger partial charge on any atom is 0.304 e. The van der Waals surface area contributed by atoms with Crippen molar-refractivity contribution < 1.29 is 9.90 Å². The van der Waals surface area contributed by atoms with Crippen LogP contribution in [0.3, 0.4) is 0 Å². The number of halogens is 1. The fourth-order valence-corrected chi connectivity index (χ4v) is 2.81. The average Bonchev–Trinajstić information content (AvgIpc) is 2.51. The van der Waals surface area contributed by atoms with E-state index in [1.807, 2.05) is 39.0 Å². The number of benzene rings is 1. The first kappa shape index (κ1) is 13.0. The SMILES string of the molecule is Cc1[nH]c2ccc(Cl)cc2c1C(C)(C)CC(=O)O. The molecule has 0 atom stereocenters.